The van der Waals surface area contributed by atoms with Crippen molar-refractivity contribution in [3.05, 3.63) is 57.3 Å². The van der Waals surface area contributed by atoms with Crippen LogP contribution in [0.5, 0.6) is 0 Å². The van der Waals surface area contributed by atoms with Crippen LogP contribution >= 0.6 is 0 Å². The van der Waals surface area contributed by atoms with E-state index in [4.69, 9.17) is 0 Å². The molecule has 0 aliphatic rings. The molecule has 0 saturated heterocycles. The number of fused-ring (bicyclic) bond motifs is 1. The molecule has 0 aliphatic carbocycles. The molecule has 3 aromatic rings. The second kappa shape index (κ2) is 5.94. The first-order valence-corrected chi connectivity index (χ1v) is 7.83. The van der Waals surface area contributed by atoms with Crippen molar-refractivity contribution in [1.82, 2.24) is 19.7 Å². The number of rotatable bonds is 3. The zero-order chi connectivity index (χ0) is 19.3. The Balaban J connectivity index is 2.00. The largest absolute Gasteiger partial charge is 0.416 e. The average Bonchev–Trinajstić information content (AvgIpc) is 2.82. The van der Waals surface area contributed by atoms with Crippen LogP contribution < -0.4 is 5.56 Å². The van der Waals surface area contributed by atoms with E-state index in [1.807, 2.05) is 0 Å². The van der Waals surface area contributed by atoms with Crippen LogP contribution in [0.3, 0.4) is 0 Å². The van der Waals surface area contributed by atoms with Gasteiger partial charge in [0, 0.05) is 0 Å². The lowest BCUT2D eigenvalue weighted by Crippen LogP contribution is -2.28. The van der Waals surface area contributed by atoms with Crippen molar-refractivity contribution in [2.75, 3.05) is 0 Å². The maximum Gasteiger partial charge on any atom is 0.416 e. The molecule has 3 rings (SSSR count). The van der Waals surface area contributed by atoms with Gasteiger partial charge in [-0.2, -0.15) is 18.3 Å². The van der Waals surface area contributed by atoms with E-state index in [0.717, 1.165) is 12.1 Å². The third-order valence-corrected chi connectivity index (χ3v) is 4.19. The summed E-state index contributed by atoms with van der Waals surface area (Å²) in [6, 6.07) is 4.30. The summed E-state index contributed by atoms with van der Waals surface area (Å²) in [4.78, 5) is 18.9. The van der Waals surface area contributed by atoms with Crippen LogP contribution in [0, 0.1) is 13.8 Å². The molecular weight excluding hydrogens is 349 g/mol. The Labute approximate surface area is 146 Å². The average molecular weight is 366 g/mol. The van der Waals surface area contributed by atoms with E-state index in [2.05, 4.69) is 15.1 Å². The Morgan fingerprint density at radius 1 is 1.15 bits per heavy atom. The molecule has 0 bridgehead atoms. The highest BCUT2D eigenvalue weighted by atomic mass is 19.4. The number of nitrogens with zero attached hydrogens (tertiary/aromatic N) is 3. The van der Waals surface area contributed by atoms with Gasteiger partial charge in [-0.05, 0) is 38.5 Å². The van der Waals surface area contributed by atoms with Crippen LogP contribution in [0.2, 0.25) is 0 Å². The summed E-state index contributed by atoms with van der Waals surface area (Å²) >= 11 is 0. The maximum absolute atomic E-state index is 12.7. The molecule has 1 unspecified atom stereocenters. The van der Waals surface area contributed by atoms with Gasteiger partial charge in [0.1, 0.15) is 16.8 Å². The van der Waals surface area contributed by atoms with E-state index >= 15 is 0 Å². The molecule has 0 radical (unpaired) electrons. The highest BCUT2D eigenvalue weighted by Crippen LogP contribution is 2.31. The second-order valence-electron chi connectivity index (χ2n) is 6.44. The van der Waals surface area contributed by atoms with E-state index in [1.165, 1.54) is 23.7 Å². The van der Waals surface area contributed by atoms with Crippen molar-refractivity contribution in [3.8, 4) is 0 Å². The fraction of sp³-hybridized carbons (Fsp3) is 0.353. The third-order valence-electron chi connectivity index (χ3n) is 4.19. The predicted octanol–water partition coefficient (Wildman–Crippen LogP) is 2.66. The number of H-pyrrole nitrogens is 1. The molecule has 0 amide bonds. The number of alkyl halides is 3. The van der Waals surface area contributed by atoms with Crippen LogP contribution in [0.25, 0.3) is 11.0 Å². The summed E-state index contributed by atoms with van der Waals surface area (Å²) in [6.07, 6.45) is -4.44. The van der Waals surface area contributed by atoms with E-state index in [1.54, 1.807) is 13.8 Å². The summed E-state index contributed by atoms with van der Waals surface area (Å²) in [5, 5.41) is 15.4. The molecule has 2 N–H and O–H groups in total. The standard InChI is InChI=1S/C17H17F3N4O2/c1-9-13-14(21-10(2)22-15(13)25)24(23-9)8-16(3,26)11-4-6-12(7-5-11)17(18,19)20/h4-7,26H,8H2,1-3H3,(H,21,22,25). The number of aliphatic hydroxyl groups is 1. The van der Waals surface area contributed by atoms with Crippen molar-refractivity contribution in [2.24, 2.45) is 0 Å². The fourth-order valence-electron chi connectivity index (χ4n) is 2.87. The Hall–Kier alpha value is -2.68. The van der Waals surface area contributed by atoms with Crippen LogP contribution in [-0.4, -0.2) is 24.9 Å². The Kier molecular flexibility index (Phi) is 4.14. The van der Waals surface area contributed by atoms with Gasteiger partial charge in [0.05, 0.1) is 17.8 Å². The SMILES string of the molecule is Cc1nc2c(c(C)nn2CC(C)(O)c2ccc(C(F)(F)F)cc2)c(=O)[nH]1. The molecule has 0 spiro atoms. The summed E-state index contributed by atoms with van der Waals surface area (Å²) in [5.41, 5.74) is -1.55. The minimum atomic E-state index is -4.44. The van der Waals surface area contributed by atoms with E-state index in [0.29, 0.717) is 28.1 Å². The van der Waals surface area contributed by atoms with Gasteiger partial charge in [-0.3, -0.25) is 4.79 Å². The van der Waals surface area contributed by atoms with Crippen LogP contribution in [0.15, 0.2) is 29.1 Å². The van der Waals surface area contributed by atoms with Crippen LogP contribution in [-0.2, 0) is 18.3 Å². The number of nitrogens with one attached hydrogen (secondary N) is 1. The van der Waals surface area contributed by atoms with E-state index < -0.39 is 17.3 Å². The molecule has 1 atom stereocenters. The molecule has 0 aliphatic heterocycles. The first-order valence-electron chi connectivity index (χ1n) is 7.83. The highest BCUT2D eigenvalue weighted by Gasteiger charge is 2.32. The first kappa shape index (κ1) is 18.1. The molecule has 0 fully saturated rings. The molecule has 1 aromatic carbocycles. The van der Waals surface area contributed by atoms with Gasteiger partial charge in [-0.1, -0.05) is 12.1 Å². The fourth-order valence-corrected chi connectivity index (χ4v) is 2.87. The van der Waals surface area contributed by atoms with Gasteiger partial charge in [0.15, 0.2) is 5.65 Å². The molecule has 0 saturated carbocycles. The van der Waals surface area contributed by atoms with Crippen molar-refractivity contribution >= 4 is 11.0 Å². The van der Waals surface area contributed by atoms with Crippen molar-refractivity contribution in [3.63, 3.8) is 0 Å². The Morgan fingerprint density at radius 2 is 1.73 bits per heavy atom. The van der Waals surface area contributed by atoms with Crippen molar-refractivity contribution in [2.45, 2.75) is 39.1 Å². The van der Waals surface area contributed by atoms with Gasteiger partial charge >= 0.3 is 6.18 Å². The number of hydrogen-bond donors (Lipinski definition) is 2. The number of aromatic nitrogens is 4. The highest BCUT2D eigenvalue weighted by molar-refractivity contribution is 5.76. The molecule has 9 heteroatoms. The molecule has 2 aromatic heterocycles. The molecule has 2 heterocycles. The molecular formula is C17H17F3N4O2. The number of halogens is 3. The normalized spacial score (nSPS) is 14.6. The second-order valence-corrected chi connectivity index (χ2v) is 6.44. The zero-order valence-electron chi connectivity index (χ0n) is 14.3. The minimum Gasteiger partial charge on any atom is -0.384 e. The number of hydrogen-bond acceptors (Lipinski definition) is 4. The summed E-state index contributed by atoms with van der Waals surface area (Å²) in [5.74, 6) is 0.401. The Morgan fingerprint density at radius 3 is 2.31 bits per heavy atom. The van der Waals surface area contributed by atoms with E-state index in [9.17, 15) is 23.1 Å². The van der Waals surface area contributed by atoms with Gasteiger partial charge in [0.2, 0.25) is 0 Å². The van der Waals surface area contributed by atoms with Crippen molar-refractivity contribution < 1.29 is 18.3 Å². The number of benzene rings is 1. The Bertz CT molecular complexity index is 1020. The summed E-state index contributed by atoms with van der Waals surface area (Å²) in [6.45, 7) is 4.68. The number of aromatic amines is 1. The zero-order valence-corrected chi connectivity index (χ0v) is 14.3. The molecule has 138 valence electrons. The smallest absolute Gasteiger partial charge is 0.384 e. The predicted molar refractivity (Wildman–Crippen MR) is 88.6 cm³/mol. The summed E-state index contributed by atoms with van der Waals surface area (Å²) < 4.78 is 39.5. The minimum absolute atomic E-state index is 0.0708. The molecule has 6 nitrogen and oxygen atoms in total. The van der Waals surface area contributed by atoms with Crippen LogP contribution in [0.4, 0.5) is 13.2 Å². The monoisotopic (exact) mass is 366 g/mol. The summed E-state index contributed by atoms with van der Waals surface area (Å²) in [7, 11) is 0. The first-order chi connectivity index (χ1) is 12.0. The van der Waals surface area contributed by atoms with E-state index in [-0.39, 0.29) is 12.1 Å². The quantitative estimate of drug-likeness (QED) is 0.747. The van der Waals surface area contributed by atoms with Gasteiger partial charge in [0.25, 0.3) is 5.56 Å². The lowest BCUT2D eigenvalue weighted by molar-refractivity contribution is -0.137. The number of aryl methyl sites for hydroxylation is 2. The van der Waals surface area contributed by atoms with Gasteiger partial charge in [-0.25, -0.2) is 9.67 Å². The van der Waals surface area contributed by atoms with Crippen LogP contribution in [0.1, 0.15) is 29.6 Å². The topological polar surface area (TPSA) is 83.8 Å². The molecule has 26 heavy (non-hydrogen) atoms. The van der Waals surface area contributed by atoms with Gasteiger partial charge in [-0.15, -0.1) is 0 Å². The maximum atomic E-state index is 12.7. The lowest BCUT2D eigenvalue weighted by Gasteiger charge is -2.24. The lowest BCUT2D eigenvalue weighted by atomic mass is 9.95. The van der Waals surface area contributed by atoms with Crippen molar-refractivity contribution in [1.29, 1.82) is 0 Å². The third kappa shape index (κ3) is 3.22. The van der Waals surface area contributed by atoms with Gasteiger partial charge < -0.3 is 10.1 Å².